The predicted molar refractivity (Wildman–Crippen MR) is 140 cm³/mol. The summed E-state index contributed by atoms with van der Waals surface area (Å²) in [4.78, 5) is 24.0. The van der Waals surface area contributed by atoms with E-state index in [1.54, 1.807) is 24.6 Å². The largest absolute Gasteiger partial charge is 0.497 e. The minimum absolute atomic E-state index is 0.0633. The minimum atomic E-state index is 0.0633. The third kappa shape index (κ3) is 4.94. The summed E-state index contributed by atoms with van der Waals surface area (Å²) in [7, 11) is 1.69. The minimum Gasteiger partial charge on any atom is -0.497 e. The van der Waals surface area contributed by atoms with Crippen molar-refractivity contribution in [3.63, 3.8) is 0 Å². The van der Waals surface area contributed by atoms with Crippen LogP contribution in [0.2, 0.25) is 0 Å². The van der Waals surface area contributed by atoms with Crippen molar-refractivity contribution in [1.29, 1.82) is 0 Å². The number of aromatic nitrogens is 3. The number of benzene rings is 1. The van der Waals surface area contributed by atoms with Crippen molar-refractivity contribution in [3.8, 4) is 16.3 Å². The van der Waals surface area contributed by atoms with Crippen LogP contribution in [0.5, 0.6) is 5.75 Å². The van der Waals surface area contributed by atoms with Gasteiger partial charge in [0, 0.05) is 38.8 Å². The van der Waals surface area contributed by atoms with Gasteiger partial charge in [-0.05, 0) is 55.5 Å². The van der Waals surface area contributed by atoms with Gasteiger partial charge in [-0.1, -0.05) is 18.2 Å². The lowest BCUT2D eigenvalue weighted by molar-refractivity contribution is 0.0640. The summed E-state index contributed by atoms with van der Waals surface area (Å²) >= 11 is 1.63. The number of hydrogen-bond acceptors (Lipinski definition) is 6. The number of fused-ring (bicyclic) bond motifs is 1. The predicted octanol–water partition coefficient (Wildman–Crippen LogP) is 4.75. The molecule has 1 aromatic carbocycles. The Morgan fingerprint density at radius 1 is 1.11 bits per heavy atom. The molecule has 0 aliphatic carbocycles. The maximum Gasteiger partial charge on any atom is 0.254 e. The SMILES string of the molecule is COc1ccc(CCN2CCN(C(=O)c3cc(-c4cccs4)nc4c3cnn4C(C)C)CC2)cc1. The molecule has 8 heteroatoms. The smallest absolute Gasteiger partial charge is 0.254 e. The zero-order chi connectivity index (χ0) is 24.4. The van der Waals surface area contributed by atoms with E-state index in [2.05, 4.69) is 36.0 Å². The number of piperazine rings is 1. The number of hydrogen-bond donors (Lipinski definition) is 0. The Morgan fingerprint density at radius 2 is 1.89 bits per heavy atom. The number of nitrogens with zero attached hydrogens (tertiary/aromatic N) is 5. The maximum atomic E-state index is 13.7. The molecule has 0 saturated carbocycles. The first-order chi connectivity index (χ1) is 17.0. The topological polar surface area (TPSA) is 63.5 Å². The average Bonchev–Trinajstić information content (AvgIpc) is 3.57. The highest BCUT2D eigenvalue weighted by molar-refractivity contribution is 7.13. The third-order valence-electron chi connectivity index (χ3n) is 6.60. The summed E-state index contributed by atoms with van der Waals surface area (Å²) in [6.07, 6.45) is 2.78. The van der Waals surface area contributed by atoms with E-state index in [-0.39, 0.29) is 11.9 Å². The molecule has 0 bridgehead atoms. The van der Waals surface area contributed by atoms with E-state index >= 15 is 0 Å². The first-order valence-electron chi connectivity index (χ1n) is 12.1. The molecule has 35 heavy (non-hydrogen) atoms. The van der Waals surface area contributed by atoms with Crippen molar-refractivity contribution in [1.82, 2.24) is 24.6 Å². The standard InChI is InChI=1S/C27H31N5O2S/c1-19(2)32-26-23(18-28-32)22(17-24(29-26)25-5-4-16-35-25)27(33)31-14-12-30(13-15-31)11-10-20-6-8-21(34-3)9-7-20/h4-9,16-19H,10-15H2,1-3H3. The summed E-state index contributed by atoms with van der Waals surface area (Å²) in [6, 6.07) is 14.4. The Hall–Kier alpha value is -3.23. The van der Waals surface area contributed by atoms with Gasteiger partial charge in [0.05, 0.1) is 34.8 Å². The van der Waals surface area contributed by atoms with E-state index in [9.17, 15) is 4.79 Å². The van der Waals surface area contributed by atoms with Gasteiger partial charge >= 0.3 is 0 Å². The third-order valence-corrected chi connectivity index (χ3v) is 7.49. The number of carbonyl (C=O) groups excluding carboxylic acids is 1. The van der Waals surface area contributed by atoms with Crippen molar-refractivity contribution >= 4 is 28.3 Å². The molecule has 4 heterocycles. The van der Waals surface area contributed by atoms with Gasteiger partial charge in [0.1, 0.15) is 5.75 Å². The lowest BCUT2D eigenvalue weighted by Crippen LogP contribution is -2.49. The quantitative estimate of drug-likeness (QED) is 0.375. The van der Waals surface area contributed by atoms with Gasteiger partial charge in [-0.2, -0.15) is 5.10 Å². The van der Waals surface area contributed by atoms with Crippen molar-refractivity contribution in [2.45, 2.75) is 26.3 Å². The summed E-state index contributed by atoms with van der Waals surface area (Å²) in [6.45, 7) is 8.34. The average molecular weight is 490 g/mol. The van der Waals surface area contributed by atoms with Gasteiger partial charge < -0.3 is 9.64 Å². The summed E-state index contributed by atoms with van der Waals surface area (Å²) in [5.74, 6) is 0.945. The van der Waals surface area contributed by atoms with Crippen LogP contribution < -0.4 is 4.74 Å². The van der Waals surface area contributed by atoms with Gasteiger partial charge in [-0.25, -0.2) is 9.67 Å². The van der Waals surface area contributed by atoms with Crippen LogP contribution in [0.25, 0.3) is 21.6 Å². The van der Waals surface area contributed by atoms with Gasteiger partial charge in [0.25, 0.3) is 5.91 Å². The van der Waals surface area contributed by atoms with Gasteiger partial charge in [0.2, 0.25) is 0 Å². The molecular formula is C27H31N5O2S. The van der Waals surface area contributed by atoms with Crippen LogP contribution in [0.15, 0.2) is 54.0 Å². The van der Waals surface area contributed by atoms with E-state index in [0.717, 1.165) is 66.5 Å². The normalized spacial score (nSPS) is 14.7. The molecule has 3 aromatic heterocycles. The highest BCUT2D eigenvalue weighted by Crippen LogP contribution is 2.29. The number of rotatable bonds is 7. The molecule has 0 spiro atoms. The van der Waals surface area contributed by atoms with E-state index in [1.807, 2.05) is 45.3 Å². The summed E-state index contributed by atoms with van der Waals surface area (Å²) < 4.78 is 7.15. The fourth-order valence-electron chi connectivity index (χ4n) is 4.55. The van der Waals surface area contributed by atoms with Crippen molar-refractivity contribution in [2.75, 3.05) is 39.8 Å². The Labute approximate surface area is 209 Å². The number of amides is 1. The van der Waals surface area contributed by atoms with Crippen molar-refractivity contribution < 1.29 is 9.53 Å². The van der Waals surface area contributed by atoms with Crippen LogP contribution >= 0.6 is 11.3 Å². The molecule has 1 aliphatic rings. The Balaban J connectivity index is 1.30. The van der Waals surface area contributed by atoms with Crippen LogP contribution in [0.1, 0.15) is 35.8 Å². The van der Waals surface area contributed by atoms with Crippen LogP contribution in [0, 0.1) is 0 Å². The van der Waals surface area contributed by atoms with Crippen LogP contribution in [-0.2, 0) is 6.42 Å². The number of methoxy groups -OCH3 is 1. The molecule has 1 amide bonds. The Kier molecular flexibility index (Phi) is 6.83. The molecule has 0 radical (unpaired) electrons. The van der Waals surface area contributed by atoms with E-state index in [0.29, 0.717) is 5.56 Å². The summed E-state index contributed by atoms with van der Waals surface area (Å²) in [5, 5.41) is 7.41. The zero-order valence-corrected chi connectivity index (χ0v) is 21.3. The van der Waals surface area contributed by atoms with E-state index in [4.69, 9.17) is 9.72 Å². The molecule has 1 saturated heterocycles. The molecule has 1 fully saturated rings. The van der Waals surface area contributed by atoms with Crippen molar-refractivity contribution in [2.24, 2.45) is 0 Å². The van der Waals surface area contributed by atoms with E-state index < -0.39 is 0 Å². The van der Waals surface area contributed by atoms with Gasteiger partial charge in [0.15, 0.2) is 5.65 Å². The Morgan fingerprint density at radius 3 is 2.54 bits per heavy atom. The van der Waals surface area contributed by atoms with Gasteiger partial charge in [-0.3, -0.25) is 9.69 Å². The first kappa shape index (κ1) is 23.5. The lowest BCUT2D eigenvalue weighted by atomic mass is 10.1. The molecule has 182 valence electrons. The second-order valence-electron chi connectivity index (χ2n) is 9.18. The molecule has 5 rings (SSSR count). The number of carbonyl (C=O) groups is 1. The van der Waals surface area contributed by atoms with Crippen LogP contribution in [0.4, 0.5) is 0 Å². The number of ether oxygens (including phenoxy) is 1. The summed E-state index contributed by atoms with van der Waals surface area (Å²) in [5.41, 5.74) is 3.59. The number of thiophene rings is 1. The van der Waals surface area contributed by atoms with Crippen LogP contribution in [-0.4, -0.2) is 70.3 Å². The second kappa shape index (κ2) is 10.2. The highest BCUT2D eigenvalue weighted by atomic mass is 32.1. The maximum absolute atomic E-state index is 13.7. The fourth-order valence-corrected chi connectivity index (χ4v) is 5.23. The molecule has 4 aromatic rings. The fraction of sp³-hybridized carbons (Fsp3) is 0.370. The Bertz CT molecular complexity index is 1290. The molecule has 0 atom stereocenters. The van der Waals surface area contributed by atoms with Crippen molar-refractivity contribution in [3.05, 3.63) is 65.2 Å². The molecule has 0 N–H and O–H groups in total. The monoisotopic (exact) mass is 489 g/mol. The molecule has 7 nitrogen and oxygen atoms in total. The second-order valence-corrected chi connectivity index (χ2v) is 10.1. The van der Waals surface area contributed by atoms with E-state index in [1.165, 1.54) is 5.56 Å². The lowest BCUT2D eigenvalue weighted by Gasteiger charge is -2.35. The van der Waals surface area contributed by atoms with Gasteiger partial charge in [-0.15, -0.1) is 11.3 Å². The first-order valence-corrected chi connectivity index (χ1v) is 13.0. The highest BCUT2D eigenvalue weighted by Gasteiger charge is 2.26. The molecule has 1 aliphatic heterocycles. The molecular weight excluding hydrogens is 458 g/mol. The molecule has 0 unspecified atom stereocenters. The zero-order valence-electron chi connectivity index (χ0n) is 20.5. The number of pyridine rings is 1. The van der Waals surface area contributed by atoms with Crippen LogP contribution in [0.3, 0.4) is 0 Å².